The number of benzene rings is 2. The summed E-state index contributed by atoms with van der Waals surface area (Å²) in [7, 11) is 1.90. The molecule has 1 aromatic heterocycles. The highest BCUT2D eigenvalue weighted by Gasteiger charge is 2.38. The van der Waals surface area contributed by atoms with Crippen LogP contribution in [0.25, 0.3) is 23.0 Å². The molecule has 2 heterocycles. The maximum Gasteiger partial charge on any atom is 0.213 e. The number of hydrogen-bond donors (Lipinski definition) is 0. The average Bonchev–Trinajstić information content (AvgIpc) is 2.97. The molecule has 0 bridgehead atoms. The Morgan fingerprint density at radius 1 is 0.750 bits per heavy atom. The lowest BCUT2D eigenvalue weighted by atomic mass is 9.88. The number of rotatable bonds is 5. The van der Waals surface area contributed by atoms with E-state index in [4.69, 9.17) is 4.74 Å². The summed E-state index contributed by atoms with van der Waals surface area (Å²) in [4.78, 5) is 2.62. The Kier molecular flexibility index (Phi) is 6.92. The standard InChI is InChI=1S/C33H39N2O/c1-36-33-30-24-34(28-18-10-4-11-19-28)31(25-14-6-2-7-15-25)22-27(30)23-32(26-16-8-3-9-17-26)35(33)29-20-12-5-13-21-29/h2-3,6-9,14-17,22-24,28-29,33H,4-5,10-13,18-21H2,1H3/q+1. The number of hydrogen-bond acceptors (Lipinski definition) is 2. The van der Waals surface area contributed by atoms with Crippen molar-refractivity contribution in [3.05, 3.63) is 89.6 Å². The third kappa shape index (κ3) is 4.50. The largest absolute Gasteiger partial charge is 0.357 e. The van der Waals surface area contributed by atoms with E-state index in [-0.39, 0.29) is 6.23 Å². The Hall–Kier alpha value is -2.91. The molecule has 1 atom stereocenters. The molecule has 3 heteroatoms. The first-order valence-corrected chi connectivity index (χ1v) is 14.1. The normalized spacial score (nSPS) is 21.2. The lowest BCUT2D eigenvalue weighted by molar-refractivity contribution is -0.716. The van der Waals surface area contributed by atoms with Gasteiger partial charge in [-0.2, -0.15) is 4.57 Å². The molecule has 0 N–H and O–H groups in total. The molecule has 3 aromatic rings. The molecular formula is C33H39N2O+. The van der Waals surface area contributed by atoms with Gasteiger partial charge < -0.3 is 9.64 Å². The molecule has 186 valence electrons. The molecule has 0 saturated heterocycles. The molecule has 3 nitrogen and oxygen atoms in total. The van der Waals surface area contributed by atoms with Crippen molar-refractivity contribution >= 4 is 11.8 Å². The zero-order chi connectivity index (χ0) is 24.3. The number of ether oxygens (including phenoxy) is 1. The van der Waals surface area contributed by atoms with E-state index < -0.39 is 0 Å². The predicted octanol–water partition coefficient (Wildman–Crippen LogP) is 7.94. The predicted molar refractivity (Wildman–Crippen MR) is 147 cm³/mol. The molecule has 3 aliphatic rings. The number of pyridine rings is 1. The second kappa shape index (κ2) is 10.6. The summed E-state index contributed by atoms with van der Waals surface area (Å²) >= 11 is 0. The van der Waals surface area contributed by atoms with Crippen LogP contribution in [0.2, 0.25) is 0 Å². The summed E-state index contributed by atoms with van der Waals surface area (Å²) in [5.41, 5.74) is 7.80. The summed E-state index contributed by atoms with van der Waals surface area (Å²) in [6, 6.07) is 25.4. The van der Waals surface area contributed by atoms with E-state index in [0.29, 0.717) is 12.1 Å². The fourth-order valence-electron chi connectivity index (χ4n) is 6.76. The zero-order valence-corrected chi connectivity index (χ0v) is 21.6. The molecule has 6 rings (SSSR count). The van der Waals surface area contributed by atoms with Gasteiger partial charge in [0.2, 0.25) is 5.69 Å². The van der Waals surface area contributed by atoms with Crippen LogP contribution < -0.4 is 4.57 Å². The molecule has 2 fully saturated rings. The average molecular weight is 480 g/mol. The highest BCUT2D eigenvalue weighted by molar-refractivity contribution is 5.84. The summed E-state index contributed by atoms with van der Waals surface area (Å²) in [5.74, 6) is 0. The second-order valence-corrected chi connectivity index (χ2v) is 10.8. The summed E-state index contributed by atoms with van der Waals surface area (Å²) in [6.45, 7) is 0. The molecule has 0 spiro atoms. The minimum absolute atomic E-state index is 0.0667. The van der Waals surface area contributed by atoms with Crippen LogP contribution in [0.5, 0.6) is 0 Å². The van der Waals surface area contributed by atoms with E-state index in [0.717, 1.165) is 0 Å². The van der Waals surface area contributed by atoms with Crippen molar-refractivity contribution in [2.24, 2.45) is 0 Å². The van der Waals surface area contributed by atoms with Gasteiger partial charge in [-0.05, 0) is 55.0 Å². The Balaban J connectivity index is 1.54. The monoisotopic (exact) mass is 479 g/mol. The minimum atomic E-state index is -0.0667. The topological polar surface area (TPSA) is 16.4 Å². The minimum Gasteiger partial charge on any atom is -0.357 e. The van der Waals surface area contributed by atoms with Crippen molar-refractivity contribution in [2.75, 3.05) is 7.11 Å². The van der Waals surface area contributed by atoms with E-state index in [1.807, 2.05) is 7.11 Å². The first-order chi connectivity index (χ1) is 17.8. The number of methoxy groups -OCH3 is 1. The smallest absolute Gasteiger partial charge is 0.213 e. The Morgan fingerprint density at radius 2 is 1.36 bits per heavy atom. The van der Waals surface area contributed by atoms with E-state index >= 15 is 0 Å². The third-order valence-electron chi connectivity index (χ3n) is 8.57. The van der Waals surface area contributed by atoms with E-state index in [9.17, 15) is 0 Å². The third-order valence-corrected chi connectivity index (χ3v) is 8.57. The van der Waals surface area contributed by atoms with Crippen LogP contribution in [0.1, 0.15) is 93.2 Å². The lowest BCUT2D eigenvalue weighted by Gasteiger charge is -2.44. The van der Waals surface area contributed by atoms with Crippen molar-refractivity contribution in [1.82, 2.24) is 4.90 Å². The Labute approximate surface area is 216 Å². The van der Waals surface area contributed by atoms with E-state index in [1.54, 1.807) is 0 Å². The molecule has 1 aliphatic heterocycles. The molecular weight excluding hydrogens is 440 g/mol. The van der Waals surface area contributed by atoms with Crippen LogP contribution in [0.3, 0.4) is 0 Å². The van der Waals surface area contributed by atoms with Gasteiger partial charge in [-0.1, -0.05) is 74.2 Å². The van der Waals surface area contributed by atoms with Crippen LogP contribution in [-0.4, -0.2) is 18.1 Å². The number of nitrogens with zero attached hydrogens (tertiary/aromatic N) is 2. The van der Waals surface area contributed by atoms with Crippen molar-refractivity contribution in [3.63, 3.8) is 0 Å². The quantitative estimate of drug-likeness (QED) is 0.345. The van der Waals surface area contributed by atoms with Gasteiger partial charge in [0, 0.05) is 43.3 Å². The molecule has 1 unspecified atom stereocenters. The van der Waals surface area contributed by atoms with Gasteiger partial charge in [-0.3, -0.25) is 0 Å². The van der Waals surface area contributed by atoms with Gasteiger partial charge >= 0.3 is 0 Å². The first kappa shape index (κ1) is 23.5. The maximum atomic E-state index is 6.39. The van der Waals surface area contributed by atoms with E-state index in [1.165, 1.54) is 97.9 Å². The van der Waals surface area contributed by atoms with Crippen LogP contribution >= 0.6 is 0 Å². The van der Waals surface area contributed by atoms with Gasteiger partial charge in [-0.15, -0.1) is 0 Å². The Bertz CT molecular complexity index is 1190. The highest BCUT2D eigenvalue weighted by Crippen LogP contribution is 2.44. The van der Waals surface area contributed by atoms with Gasteiger partial charge in [0.15, 0.2) is 18.5 Å². The summed E-state index contributed by atoms with van der Waals surface area (Å²) < 4.78 is 8.99. The molecule has 2 aliphatic carbocycles. The highest BCUT2D eigenvalue weighted by atomic mass is 16.5. The lowest BCUT2D eigenvalue weighted by Crippen LogP contribution is -2.46. The summed E-state index contributed by atoms with van der Waals surface area (Å²) in [6.07, 6.45) is 17.8. The fourth-order valence-corrected chi connectivity index (χ4v) is 6.76. The number of aromatic nitrogens is 1. The van der Waals surface area contributed by atoms with Crippen molar-refractivity contribution in [1.29, 1.82) is 0 Å². The van der Waals surface area contributed by atoms with Crippen molar-refractivity contribution in [2.45, 2.75) is 82.5 Å². The summed E-state index contributed by atoms with van der Waals surface area (Å²) in [5, 5.41) is 0. The van der Waals surface area contributed by atoms with Crippen LogP contribution in [0, 0.1) is 0 Å². The first-order valence-electron chi connectivity index (χ1n) is 14.1. The van der Waals surface area contributed by atoms with Gasteiger partial charge in [0.25, 0.3) is 0 Å². The van der Waals surface area contributed by atoms with Crippen LogP contribution in [0.15, 0.2) is 72.9 Å². The molecule has 0 amide bonds. The number of fused-ring (bicyclic) bond motifs is 1. The van der Waals surface area contributed by atoms with Gasteiger partial charge in [-0.25, -0.2) is 0 Å². The van der Waals surface area contributed by atoms with E-state index in [2.05, 4.69) is 88.5 Å². The SMILES string of the molecule is COC1c2c[n+](C3CCCCC3)c(-c3ccccc3)cc2C=C(c2ccccc2)N1C1CCCCC1. The maximum absolute atomic E-state index is 6.39. The Morgan fingerprint density at radius 3 is 2.00 bits per heavy atom. The van der Waals surface area contributed by atoms with Crippen molar-refractivity contribution < 1.29 is 9.30 Å². The van der Waals surface area contributed by atoms with Gasteiger partial charge in [0.1, 0.15) is 0 Å². The molecule has 2 aromatic carbocycles. The molecule has 36 heavy (non-hydrogen) atoms. The van der Waals surface area contributed by atoms with Crippen molar-refractivity contribution in [3.8, 4) is 11.3 Å². The van der Waals surface area contributed by atoms with Crippen LogP contribution in [0.4, 0.5) is 0 Å². The fraction of sp³-hybridized carbons (Fsp3) is 0.424. The van der Waals surface area contributed by atoms with Gasteiger partial charge in [0.05, 0.1) is 5.56 Å². The molecule has 0 radical (unpaired) electrons. The zero-order valence-electron chi connectivity index (χ0n) is 21.6. The second-order valence-electron chi connectivity index (χ2n) is 10.8. The van der Waals surface area contributed by atoms with Crippen LogP contribution in [-0.2, 0) is 4.74 Å². The molecule has 2 saturated carbocycles.